The van der Waals surface area contributed by atoms with Crippen molar-refractivity contribution in [3.8, 4) is 56.4 Å². The van der Waals surface area contributed by atoms with Gasteiger partial charge in [0, 0.05) is 27.7 Å². The average molecular weight is 752 g/mol. The molecule has 0 unspecified atom stereocenters. The highest BCUT2D eigenvalue weighted by atomic mass is 15.0. The van der Waals surface area contributed by atoms with Gasteiger partial charge in [0.05, 0.1) is 0 Å². The monoisotopic (exact) mass is 751 g/mol. The van der Waals surface area contributed by atoms with Crippen molar-refractivity contribution in [1.82, 2.24) is 15.0 Å². The summed E-state index contributed by atoms with van der Waals surface area (Å²) in [6, 6.07) is 68.0. The summed E-state index contributed by atoms with van der Waals surface area (Å²) < 4.78 is 0. The highest BCUT2D eigenvalue weighted by molar-refractivity contribution is 6.10. The van der Waals surface area contributed by atoms with Crippen LogP contribution in [0, 0.1) is 0 Å². The number of hydrogen-bond acceptors (Lipinski definition) is 3. The lowest BCUT2D eigenvalue weighted by Crippen LogP contribution is -2.14. The molecule has 0 atom stereocenters. The molecule has 0 saturated carbocycles. The Kier molecular flexibility index (Phi) is 7.27. The van der Waals surface area contributed by atoms with Crippen molar-refractivity contribution in [2.75, 3.05) is 0 Å². The molecule has 276 valence electrons. The molecule has 0 spiro atoms. The largest absolute Gasteiger partial charge is 0.208 e. The topological polar surface area (TPSA) is 38.7 Å². The van der Waals surface area contributed by atoms with Gasteiger partial charge in [0.2, 0.25) is 0 Å². The number of rotatable bonds is 4. The van der Waals surface area contributed by atoms with Gasteiger partial charge < -0.3 is 0 Å². The van der Waals surface area contributed by atoms with Crippen LogP contribution in [0.1, 0.15) is 25.0 Å². The zero-order valence-electron chi connectivity index (χ0n) is 32.7. The maximum atomic E-state index is 5.37. The zero-order chi connectivity index (χ0) is 39.2. The van der Waals surface area contributed by atoms with Crippen molar-refractivity contribution in [2.45, 2.75) is 19.3 Å². The molecule has 1 aliphatic rings. The van der Waals surface area contributed by atoms with Gasteiger partial charge in [0.1, 0.15) is 0 Å². The Bertz CT molecular complexity index is 3410. The van der Waals surface area contributed by atoms with Crippen LogP contribution < -0.4 is 0 Å². The fourth-order valence-electron chi connectivity index (χ4n) is 9.70. The zero-order valence-corrected chi connectivity index (χ0v) is 32.7. The van der Waals surface area contributed by atoms with Crippen LogP contribution in [0.4, 0.5) is 0 Å². The van der Waals surface area contributed by atoms with Gasteiger partial charge in [-0.2, -0.15) is 0 Å². The molecule has 0 fully saturated rings. The Hall–Kier alpha value is -7.49. The molecule has 0 saturated heterocycles. The fraction of sp³-hybridized carbons (Fsp3) is 0.0536. The van der Waals surface area contributed by atoms with E-state index in [1.54, 1.807) is 0 Å². The lowest BCUT2D eigenvalue weighted by atomic mass is 9.82. The van der Waals surface area contributed by atoms with Crippen LogP contribution >= 0.6 is 0 Å². The molecule has 1 heterocycles. The molecule has 0 radical (unpaired) electrons. The predicted molar refractivity (Wildman–Crippen MR) is 247 cm³/mol. The third kappa shape index (κ3) is 5.25. The van der Waals surface area contributed by atoms with Crippen molar-refractivity contribution in [1.29, 1.82) is 0 Å². The fourth-order valence-corrected chi connectivity index (χ4v) is 9.70. The molecular formula is C56H37N3. The normalized spacial score (nSPS) is 13.1. The molecule has 10 aromatic carbocycles. The molecule has 12 rings (SSSR count). The van der Waals surface area contributed by atoms with Gasteiger partial charge in [-0.25, -0.2) is 15.0 Å². The van der Waals surface area contributed by atoms with E-state index in [1.807, 2.05) is 0 Å². The average Bonchev–Trinajstić information content (AvgIpc) is 3.53. The first kappa shape index (κ1) is 33.6. The van der Waals surface area contributed by atoms with Gasteiger partial charge in [-0.05, 0) is 106 Å². The molecule has 0 amide bonds. The smallest absolute Gasteiger partial charge is 0.164 e. The Labute approximate surface area is 342 Å². The Morgan fingerprint density at radius 1 is 0.305 bits per heavy atom. The van der Waals surface area contributed by atoms with Crippen LogP contribution in [-0.4, -0.2) is 15.0 Å². The molecule has 1 aliphatic carbocycles. The minimum absolute atomic E-state index is 0.0810. The van der Waals surface area contributed by atoms with E-state index in [-0.39, 0.29) is 5.41 Å². The summed E-state index contributed by atoms with van der Waals surface area (Å²) >= 11 is 0. The second kappa shape index (κ2) is 12.8. The highest BCUT2D eigenvalue weighted by Crippen LogP contribution is 2.50. The van der Waals surface area contributed by atoms with E-state index >= 15 is 0 Å². The Morgan fingerprint density at radius 2 is 0.763 bits per heavy atom. The summed E-state index contributed by atoms with van der Waals surface area (Å²) in [5, 5.41) is 12.0. The second-order valence-corrected chi connectivity index (χ2v) is 16.4. The lowest BCUT2D eigenvalue weighted by Gasteiger charge is -2.21. The van der Waals surface area contributed by atoms with Gasteiger partial charge >= 0.3 is 0 Å². The summed E-state index contributed by atoms with van der Waals surface area (Å²) in [6.45, 7) is 4.66. The van der Waals surface area contributed by atoms with E-state index < -0.39 is 0 Å². The van der Waals surface area contributed by atoms with E-state index in [4.69, 9.17) is 15.0 Å². The van der Waals surface area contributed by atoms with Crippen LogP contribution in [0.5, 0.6) is 0 Å². The summed E-state index contributed by atoms with van der Waals surface area (Å²) in [7, 11) is 0. The first-order valence-electron chi connectivity index (χ1n) is 20.3. The van der Waals surface area contributed by atoms with Gasteiger partial charge in [-0.3, -0.25) is 0 Å². The van der Waals surface area contributed by atoms with E-state index in [9.17, 15) is 0 Å². The molecule has 11 aromatic rings. The lowest BCUT2D eigenvalue weighted by molar-refractivity contribution is 0.660. The first-order valence-corrected chi connectivity index (χ1v) is 20.3. The number of aromatic nitrogens is 3. The molecule has 0 N–H and O–H groups in total. The van der Waals surface area contributed by atoms with Crippen LogP contribution in [-0.2, 0) is 5.41 Å². The highest BCUT2D eigenvalue weighted by Gasteiger charge is 2.35. The van der Waals surface area contributed by atoms with Gasteiger partial charge in [-0.1, -0.05) is 178 Å². The summed E-state index contributed by atoms with van der Waals surface area (Å²) in [5.41, 5.74) is 10.3. The molecule has 3 heteroatoms. The number of fused-ring (bicyclic) bond motifs is 10. The van der Waals surface area contributed by atoms with Gasteiger partial charge in [0.25, 0.3) is 0 Å². The number of hydrogen-bond donors (Lipinski definition) is 0. The quantitative estimate of drug-likeness (QED) is 0.168. The van der Waals surface area contributed by atoms with E-state index in [0.717, 1.165) is 44.0 Å². The molecule has 0 bridgehead atoms. The van der Waals surface area contributed by atoms with E-state index in [0.29, 0.717) is 17.5 Å². The first-order chi connectivity index (χ1) is 29.0. The SMILES string of the molecule is CC1(C)c2ccccc2-c2cc(-c3c(-c4nc(-c5ccc6c(ccc7ccccc76)c5)nc(-c5ccc6c(ccc7ccccc76)c5)n4)ccc4ccccc34)ccc21. The Morgan fingerprint density at radius 3 is 1.41 bits per heavy atom. The third-order valence-electron chi connectivity index (χ3n) is 12.7. The maximum absolute atomic E-state index is 5.37. The van der Waals surface area contributed by atoms with Crippen LogP contribution in [0.15, 0.2) is 188 Å². The van der Waals surface area contributed by atoms with Crippen molar-refractivity contribution < 1.29 is 0 Å². The van der Waals surface area contributed by atoms with Crippen molar-refractivity contribution in [3.63, 3.8) is 0 Å². The summed E-state index contributed by atoms with van der Waals surface area (Å²) in [5.74, 6) is 1.93. The predicted octanol–water partition coefficient (Wildman–Crippen LogP) is 14.6. The van der Waals surface area contributed by atoms with Crippen LogP contribution in [0.3, 0.4) is 0 Å². The minimum Gasteiger partial charge on any atom is -0.208 e. The number of benzene rings is 10. The molecule has 1 aromatic heterocycles. The van der Waals surface area contributed by atoms with Crippen molar-refractivity contribution in [3.05, 3.63) is 199 Å². The molecular weight excluding hydrogens is 715 g/mol. The van der Waals surface area contributed by atoms with E-state index in [2.05, 4.69) is 202 Å². The summed E-state index contributed by atoms with van der Waals surface area (Å²) in [4.78, 5) is 16.0. The molecule has 59 heavy (non-hydrogen) atoms. The van der Waals surface area contributed by atoms with Crippen LogP contribution in [0.25, 0.3) is 110 Å². The number of nitrogens with zero attached hydrogens (tertiary/aromatic N) is 3. The summed E-state index contributed by atoms with van der Waals surface area (Å²) in [6.07, 6.45) is 0. The van der Waals surface area contributed by atoms with Gasteiger partial charge in [-0.15, -0.1) is 0 Å². The maximum Gasteiger partial charge on any atom is 0.164 e. The second-order valence-electron chi connectivity index (χ2n) is 16.4. The van der Waals surface area contributed by atoms with Gasteiger partial charge in [0.15, 0.2) is 17.5 Å². The van der Waals surface area contributed by atoms with E-state index in [1.165, 1.54) is 60.0 Å². The standard InChI is InChI=1S/C56H37N3/c1-56(2)50-18-10-9-17-47(50)49-33-39(26-30-51(49)56)52-46-16-8-5-13-36(46)23-29-48(52)55-58-53(40-24-27-44-37(31-40)21-19-34-11-3-6-14-42(34)44)57-54(59-55)41-25-28-45-38(32-41)22-20-35-12-4-7-15-43(35)45/h3-33H,1-2H3. The molecule has 0 aliphatic heterocycles. The minimum atomic E-state index is -0.0810. The van der Waals surface area contributed by atoms with Crippen molar-refractivity contribution in [2.24, 2.45) is 0 Å². The van der Waals surface area contributed by atoms with Crippen LogP contribution in [0.2, 0.25) is 0 Å². The molecule has 3 nitrogen and oxygen atoms in total. The van der Waals surface area contributed by atoms with Crippen molar-refractivity contribution >= 4 is 53.9 Å². The third-order valence-corrected chi connectivity index (χ3v) is 12.7. The Balaban J connectivity index is 1.10.